The highest BCUT2D eigenvalue weighted by molar-refractivity contribution is 5.95. The fourth-order valence-electron chi connectivity index (χ4n) is 1.28. The summed E-state index contributed by atoms with van der Waals surface area (Å²) in [4.78, 5) is 23.0. The van der Waals surface area contributed by atoms with Crippen molar-refractivity contribution in [2.24, 2.45) is 0 Å². The molecule has 0 rings (SSSR count). The SMILES string of the molecule is CC(C)(C)OC[C@@H](O)CC(=O)CC(=O)OC(C)(C)C. The molecule has 0 saturated carbocycles. The van der Waals surface area contributed by atoms with Crippen molar-refractivity contribution in [1.82, 2.24) is 0 Å². The minimum absolute atomic E-state index is 0.0730. The highest BCUT2D eigenvalue weighted by atomic mass is 16.6. The van der Waals surface area contributed by atoms with Gasteiger partial charge in [0.2, 0.25) is 0 Å². The van der Waals surface area contributed by atoms with Gasteiger partial charge in [0.1, 0.15) is 17.8 Å². The molecule has 0 amide bonds. The van der Waals surface area contributed by atoms with Crippen molar-refractivity contribution in [3.05, 3.63) is 0 Å². The largest absolute Gasteiger partial charge is 0.460 e. The van der Waals surface area contributed by atoms with Crippen LogP contribution >= 0.6 is 0 Å². The number of esters is 1. The van der Waals surface area contributed by atoms with Crippen LogP contribution in [0.15, 0.2) is 0 Å². The fourth-order valence-corrected chi connectivity index (χ4v) is 1.28. The second-order valence-corrected chi connectivity index (χ2v) is 6.58. The fraction of sp³-hybridized carbons (Fsp3) is 0.857. The van der Waals surface area contributed by atoms with Gasteiger partial charge >= 0.3 is 5.97 Å². The molecule has 19 heavy (non-hydrogen) atoms. The molecule has 0 aliphatic rings. The highest BCUT2D eigenvalue weighted by Gasteiger charge is 2.21. The predicted octanol–water partition coefficient (Wildman–Crippen LogP) is 1.85. The van der Waals surface area contributed by atoms with Gasteiger partial charge in [-0.1, -0.05) is 0 Å². The van der Waals surface area contributed by atoms with Gasteiger partial charge in [-0.05, 0) is 41.5 Å². The summed E-state index contributed by atoms with van der Waals surface area (Å²) in [5.41, 5.74) is -0.972. The van der Waals surface area contributed by atoms with E-state index in [4.69, 9.17) is 9.47 Å². The molecule has 0 aromatic heterocycles. The lowest BCUT2D eigenvalue weighted by molar-refractivity contribution is -0.156. The maximum atomic E-state index is 11.6. The zero-order valence-corrected chi connectivity index (χ0v) is 12.8. The summed E-state index contributed by atoms with van der Waals surface area (Å²) in [5, 5.41) is 9.63. The minimum atomic E-state index is -0.894. The van der Waals surface area contributed by atoms with Crippen molar-refractivity contribution in [3.63, 3.8) is 0 Å². The molecule has 0 spiro atoms. The maximum absolute atomic E-state index is 11.6. The molecular weight excluding hydrogens is 248 g/mol. The third-order valence-corrected chi connectivity index (χ3v) is 1.93. The summed E-state index contributed by atoms with van der Waals surface area (Å²) >= 11 is 0. The van der Waals surface area contributed by atoms with Crippen LogP contribution in [-0.2, 0) is 19.1 Å². The first kappa shape index (κ1) is 18.1. The Labute approximate surface area is 115 Å². The van der Waals surface area contributed by atoms with E-state index in [9.17, 15) is 14.7 Å². The van der Waals surface area contributed by atoms with E-state index in [1.165, 1.54) is 0 Å². The number of aliphatic hydroxyl groups is 1. The minimum Gasteiger partial charge on any atom is -0.460 e. The average Bonchev–Trinajstić information content (AvgIpc) is 2.09. The molecule has 5 nitrogen and oxygen atoms in total. The Morgan fingerprint density at radius 1 is 1.05 bits per heavy atom. The zero-order chi connectivity index (χ0) is 15.3. The Balaban J connectivity index is 4.01. The number of carbonyl (C=O) groups is 2. The summed E-state index contributed by atoms with van der Waals surface area (Å²) in [6.07, 6.45) is -1.31. The lowest BCUT2D eigenvalue weighted by Gasteiger charge is -2.22. The highest BCUT2D eigenvalue weighted by Crippen LogP contribution is 2.11. The molecule has 0 saturated heterocycles. The number of carbonyl (C=O) groups excluding carboxylic acids is 2. The number of hydrogen-bond acceptors (Lipinski definition) is 5. The number of aliphatic hydroxyl groups excluding tert-OH is 1. The van der Waals surface area contributed by atoms with Gasteiger partial charge < -0.3 is 14.6 Å². The van der Waals surface area contributed by atoms with E-state index in [1.807, 2.05) is 20.8 Å². The number of hydrogen-bond donors (Lipinski definition) is 1. The summed E-state index contributed by atoms with van der Waals surface area (Å²) < 4.78 is 10.4. The van der Waals surface area contributed by atoms with E-state index in [-0.39, 0.29) is 30.8 Å². The topological polar surface area (TPSA) is 72.8 Å². The van der Waals surface area contributed by atoms with Gasteiger partial charge in [-0.2, -0.15) is 0 Å². The summed E-state index contributed by atoms with van der Waals surface area (Å²) in [6.45, 7) is 10.9. The average molecular weight is 274 g/mol. The van der Waals surface area contributed by atoms with Gasteiger partial charge in [0.05, 0.1) is 18.3 Å². The van der Waals surface area contributed by atoms with Crippen LogP contribution < -0.4 is 0 Å². The molecule has 0 bridgehead atoms. The van der Waals surface area contributed by atoms with Gasteiger partial charge in [0, 0.05) is 6.42 Å². The number of ether oxygens (including phenoxy) is 2. The van der Waals surface area contributed by atoms with E-state index in [2.05, 4.69) is 0 Å². The van der Waals surface area contributed by atoms with E-state index >= 15 is 0 Å². The van der Waals surface area contributed by atoms with Gasteiger partial charge in [-0.25, -0.2) is 0 Å². The first-order chi connectivity index (χ1) is 8.39. The van der Waals surface area contributed by atoms with Crippen LogP contribution in [0.4, 0.5) is 0 Å². The van der Waals surface area contributed by atoms with Crippen molar-refractivity contribution < 1.29 is 24.2 Å². The first-order valence-corrected chi connectivity index (χ1v) is 6.44. The van der Waals surface area contributed by atoms with Crippen LogP contribution in [0.25, 0.3) is 0 Å². The monoisotopic (exact) mass is 274 g/mol. The van der Waals surface area contributed by atoms with E-state index in [0.717, 1.165) is 0 Å². The molecule has 0 fully saturated rings. The van der Waals surface area contributed by atoms with Crippen LogP contribution in [-0.4, -0.2) is 40.8 Å². The Morgan fingerprint density at radius 3 is 2.00 bits per heavy atom. The molecule has 5 heteroatoms. The summed E-state index contributed by atoms with van der Waals surface area (Å²) in [7, 11) is 0. The third-order valence-electron chi connectivity index (χ3n) is 1.93. The van der Waals surface area contributed by atoms with E-state index < -0.39 is 17.7 Å². The van der Waals surface area contributed by atoms with Gasteiger partial charge in [0.15, 0.2) is 0 Å². The molecule has 1 N–H and O–H groups in total. The Kier molecular flexibility index (Phi) is 6.66. The molecule has 0 radical (unpaired) electrons. The smallest absolute Gasteiger partial charge is 0.313 e. The van der Waals surface area contributed by atoms with Crippen molar-refractivity contribution in [3.8, 4) is 0 Å². The standard InChI is InChI=1S/C14H26O5/c1-13(2,3)18-9-11(16)7-10(15)8-12(17)19-14(4,5)6/h11,16H,7-9H2,1-6H3/t11-/m0/s1. The van der Waals surface area contributed by atoms with E-state index in [1.54, 1.807) is 20.8 Å². The van der Waals surface area contributed by atoms with E-state index in [0.29, 0.717) is 0 Å². The van der Waals surface area contributed by atoms with Crippen LogP contribution in [0.5, 0.6) is 0 Å². The molecule has 0 aliphatic carbocycles. The molecule has 0 unspecified atom stereocenters. The van der Waals surface area contributed by atoms with Crippen LogP contribution in [0.1, 0.15) is 54.4 Å². The second kappa shape index (κ2) is 7.01. The zero-order valence-electron chi connectivity index (χ0n) is 12.8. The summed E-state index contributed by atoms with van der Waals surface area (Å²) in [5.74, 6) is -0.916. The van der Waals surface area contributed by atoms with Crippen molar-refractivity contribution in [2.75, 3.05) is 6.61 Å². The first-order valence-electron chi connectivity index (χ1n) is 6.44. The van der Waals surface area contributed by atoms with Crippen molar-refractivity contribution >= 4 is 11.8 Å². The quantitative estimate of drug-likeness (QED) is 0.591. The van der Waals surface area contributed by atoms with Gasteiger partial charge in [-0.15, -0.1) is 0 Å². The molecule has 1 atom stereocenters. The Hall–Kier alpha value is -0.940. The molecule has 112 valence electrons. The number of ketones is 1. The molecule has 0 aromatic carbocycles. The lowest BCUT2D eigenvalue weighted by Crippen LogP contribution is -2.29. The van der Waals surface area contributed by atoms with Crippen LogP contribution in [0.3, 0.4) is 0 Å². The van der Waals surface area contributed by atoms with Crippen LogP contribution in [0, 0.1) is 0 Å². The molecule has 0 heterocycles. The normalized spacial score (nSPS) is 14.1. The lowest BCUT2D eigenvalue weighted by atomic mass is 10.1. The second-order valence-electron chi connectivity index (χ2n) is 6.58. The Bertz CT molecular complexity index is 309. The molecule has 0 aliphatic heterocycles. The van der Waals surface area contributed by atoms with Crippen LogP contribution in [0.2, 0.25) is 0 Å². The maximum Gasteiger partial charge on any atom is 0.313 e. The predicted molar refractivity (Wildman–Crippen MR) is 71.8 cm³/mol. The van der Waals surface area contributed by atoms with Gasteiger partial charge in [0.25, 0.3) is 0 Å². The number of Topliss-reactive ketones (excluding diaryl/α,β-unsaturated/α-hetero) is 1. The summed E-state index contributed by atoms with van der Waals surface area (Å²) in [6, 6.07) is 0. The van der Waals surface area contributed by atoms with Crippen molar-refractivity contribution in [2.45, 2.75) is 71.7 Å². The Morgan fingerprint density at radius 2 is 1.58 bits per heavy atom. The van der Waals surface area contributed by atoms with Gasteiger partial charge in [-0.3, -0.25) is 9.59 Å². The molecular formula is C14H26O5. The van der Waals surface area contributed by atoms with Crippen molar-refractivity contribution in [1.29, 1.82) is 0 Å². The third kappa shape index (κ3) is 11.9. The number of rotatable bonds is 6. The molecule has 0 aromatic rings.